The van der Waals surface area contributed by atoms with Crippen molar-refractivity contribution >= 4 is 23.4 Å². The van der Waals surface area contributed by atoms with E-state index in [1.807, 2.05) is 61.5 Å². The van der Waals surface area contributed by atoms with Crippen LogP contribution in [0.2, 0.25) is 5.02 Å². The molecule has 2 amide bonds. The number of nitrogens with zero attached hydrogens (tertiary/aromatic N) is 1. The highest BCUT2D eigenvalue weighted by Gasteiger charge is 2.41. The number of fused-ring (bicyclic) bond motifs is 1. The molecule has 3 aromatic rings. The number of carbonyl (C=O) groups excluding carboxylic acids is 2. The van der Waals surface area contributed by atoms with Gasteiger partial charge < -0.3 is 10.2 Å². The number of rotatable bonds is 6. The summed E-state index contributed by atoms with van der Waals surface area (Å²) >= 11 is 6.20. The summed E-state index contributed by atoms with van der Waals surface area (Å²) in [4.78, 5) is 27.9. The maximum atomic E-state index is 13.3. The standard InChI is InChI=1S/C25H23ClN2O2/c1-2-14-27-24(29)23-22-15-19(26)12-13-21(22)25(30)28(23)16-18-10-6-7-11-20(18)17-8-4-3-5-9-17/h3-13,15,23H,2,14,16H2,1H3,(H,27,29). The number of carbonyl (C=O) groups is 2. The molecule has 3 aromatic carbocycles. The summed E-state index contributed by atoms with van der Waals surface area (Å²) in [5, 5.41) is 3.46. The predicted molar refractivity (Wildman–Crippen MR) is 119 cm³/mol. The third kappa shape index (κ3) is 3.83. The number of benzene rings is 3. The van der Waals surface area contributed by atoms with E-state index in [1.165, 1.54) is 0 Å². The van der Waals surface area contributed by atoms with Gasteiger partial charge in [-0.3, -0.25) is 9.59 Å². The normalized spacial score (nSPS) is 15.2. The predicted octanol–water partition coefficient (Wildman–Crippen LogP) is 5.23. The van der Waals surface area contributed by atoms with E-state index < -0.39 is 6.04 Å². The number of halogens is 1. The lowest BCUT2D eigenvalue weighted by atomic mass is 9.99. The van der Waals surface area contributed by atoms with Gasteiger partial charge in [-0.1, -0.05) is 73.1 Å². The molecule has 1 aliphatic heterocycles. The minimum Gasteiger partial charge on any atom is -0.354 e. The van der Waals surface area contributed by atoms with E-state index in [2.05, 4.69) is 5.32 Å². The van der Waals surface area contributed by atoms with Crippen LogP contribution in [-0.2, 0) is 11.3 Å². The van der Waals surface area contributed by atoms with Crippen molar-refractivity contribution in [1.82, 2.24) is 10.2 Å². The summed E-state index contributed by atoms with van der Waals surface area (Å²) in [7, 11) is 0. The zero-order chi connectivity index (χ0) is 21.1. The molecule has 0 saturated heterocycles. The largest absolute Gasteiger partial charge is 0.354 e. The Kier molecular flexibility index (Phi) is 5.86. The molecular weight excluding hydrogens is 396 g/mol. The topological polar surface area (TPSA) is 49.4 Å². The quantitative estimate of drug-likeness (QED) is 0.595. The van der Waals surface area contributed by atoms with Gasteiger partial charge >= 0.3 is 0 Å². The molecular formula is C25H23ClN2O2. The Balaban J connectivity index is 1.73. The van der Waals surface area contributed by atoms with Gasteiger partial charge in [0, 0.05) is 23.7 Å². The molecule has 5 heteroatoms. The number of nitrogens with one attached hydrogen (secondary N) is 1. The summed E-state index contributed by atoms with van der Waals surface area (Å²) in [6.45, 7) is 2.90. The van der Waals surface area contributed by atoms with Crippen LogP contribution >= 0.6 is 11.6 Å². The molecule has 1 N–H and O–H groups in total. The molecule has 0 fully saturated rings. The first-order chi connectivity index (χ1) is 14.6. The molecule has 0 bridgehead atoms. The molecule has 0 radical (unpaired) electrons. The lowest BCUT2D eigenvalue weighted by molar-refractivity contribution is -0.125. The second-order valence-corrected chi connectivity index (χ2v) is 7.82. The molecule has 0 aromatic heterocycles. The average Bonchev–Trinajstić information content (AvgIpc) is 3.04. The fourth-order valence-electron chi connectivity index (χ4n) is 3.93. The van der Waals surface area contributed by atoms with Crippen LogP contribution < -0.4 is 5.32 Å². The molecule has 0 aliphatic carbocycles. The van der Waals surface area contributed by atoms with Crippen LogP contribution in [-0.4, -0.2) is 23.3 Å². The van der Waals surface area contributed by atoms with Gasteiger partial charge in [-0.15, -0.1) is 0 Å². The lowest BCUT2D eigenvalue weighted by Gasteiger charge is -2.26. The van der Waals surface area contributed by atoms with Gasteiger partial charge in [0.25, 0.3) is 5.91 Å². The van der Waals surface area contributed by atoms with E-state index in [0.717, 1.165) is 23.1 Å². The van der Waals surface area contributed by atoms with Crippen molar-refractivity contribution in [1.29, 1.82) is 0 Å². The highest BCUT2D eigenvalue weighted by Crippen LogP contribution is 2.37. The summed E-state index contributed by atoms with van der Waals surface area (Å²) < 4.78 is 0. The highest BCUT2D eigenvalue weighted by atomic mass is 35.5. The summed E-state index contributed by atoms with van der Waals surface area (Å²) in [6, 6.07) is 22.5. The van der Waals surface area contributed by atoms with Crippen molar-refractivity contribution in [3.05, 3.63) is 94.5 Å². The number of hydrogen-bond donors (Lipinski definition) is 1. The first-order valence-electron chi connectivity index (χ1n) is 10.1. The van der Waals surface area contributed by atoms with Crippen molar-refractivity contribution < 1.29 is 9.59 Å². The zero-order valence-corrected chi connectivity index (χ0v) is 17.5. The van der Waals surface area contributed by atoms with Crippen LogP contribution in [0.1, 0.15) is 40.9 Å². The Hall–Kier alpha value is -3.11. The summed E-state index contributed by atoms with van der Waals surface area (Å²) in [6.07, 6.45) is 0.825. The molecule has 152 valence electrons. The fraction of sp³-hybridized carbons (Fsp3) is 0.200. The van der Waals surface area contributed by atoms with E-state index in [9.17, 15) is 9.59 Å². The van der Waals surface area contributed by atoms with Gasteiger partial charge in [0.1, 0.15) is 6.04 Å². The number of amides is 2. The summed E-state index contributed by atoms with van der Waals surface area (Å²) in [5.74, 6) is -0.329. The fourth-order valence-corrected chi connectivity index (χ4v) is 4.11. The smallest absolute Gasteiger partial charge is 0.255 e. The first-order valence-corrected chi connectivity index (χ1v) is 10.5. The summed E-state index contributed by atoms with van der Waals surface area (Å²) in [5.41, 5.74) is 4.32. The van der Waals surface area contributed by atoms with E-state index >= 15 is 0 Å². The van der Waals surface area contributed by atoms with Gasteiger partial charge in [0.05, 0.1) is 0 Å². The second-order valence-electron chi connectivity index (χ2n) is 7.38. The van der Waals surface area contributed by atoms with Crippen LogP contribution in [0.3, 0.4) is 0 Å². The van der Waals surface area contributed by atoms with Crippen LogP contribution in [0.5, 0.6) is 0 Å². The molecule has 1 heterocycles. The van der Waals surface area contributed by atoms with Crippen molar-refractivity contribution in [3.8, 4) is 11.1 Å². The molecule has 4 rings (SSSR count). The third-order valence-electron chi connectivity index (χ3n) is 5.35. The zero-order valence-electron chi connectivity index (χ0n) is 16.8. The Bertz CT molecular complexity index is 1080. The van der Waals surface area contributed by atoms with Gasteiger partial charge in [-0.25, -0.2) is 0 Å². The van der Waals surface area contributed by atoms with Gasteiger partial charge in [-0.05, 0) is 46.9 Å². The van der Waals surface area contributed by atoms with E-state index in [4.69, 9.17) is 11.6 Å². The molecule has 0 saturated carbocycles. The van der Waals surface area contributed by atoms with Crippen LogP contribution in [0.4, 0.5) is 0 Å². The van der Waals surface area contributed by atoms with Gasteiger partial charge in [0.2, 0.25) is 5.91 Å². The van der Waals surface area contributed by atoms with Crippen LogP contribution in [0.15, 0.2) is 72.8 Å². The second kappa shape index (κ2) is 8.72. The SMILES string of the molecule is CCCNC(=O)C1c2cc(Cl)ccc2C(=O)N1Cc1ccccc1-c1ccccc1. The molecule has 1 unspecified atom stereocenters. The Morgan fingerprint density at radius 1 is 1.00 bits per heavy atom. The number of hydrogen-bond acceptors (Lipinski definition) is 2. The minimum atomic E-state index is -0.693. The minimum absolute atomic E-state index is 0.152. The monoisotopic (exact) mass is 418 g/mol. The van der Waals surface area contributed by atoms with Gasteiger partial charge in [-0.2, -0.15) is 0 Å². The third-order valence-corrected chi connectivity index (χ3v) is 5.59. The van der Waals surface area contributed by atoms with Crippen LogP contribution in [0, 0.1) is 0 Å². The molecule has 1 atom stereocenters. The Morgan fingerprint density at radius 3 is 2.50 bits per heavy atom. The van der Waals surface area contributed by atoms with Crippen LogP contribution in [0.25, 0.3) is 11.1 Å². The molecule has 4 nitrogen and oxygen atoms in total. The maximum absolute atomic E-state index is 13.3. The molecule has 30 heavy (non-hydrogen) atoms. The highest BCUT2D eigenvalue weighted by molar-refractivity contribution is 6.31. The van der Waals surface area contributed by atoms with Crippen molar-refractivity contribution in [2.45, 2.75) is 25.9 Å². The molecule has 1 aliphatic rings. The van der Waals surface area contributed by atoms with Crippen molar-refractivity contribution in [2.24, 2.45) is 0 Å². The van der Waals surface area contributed by atoms with Crippen molar-refractivity contribution in [3.63, 3.8) is 0 Å². The molecule has 0 spiro atoms. The van der Waals surface area contributed by atoms with Gasteiger partial charge in [0.15, 0.2) is 0 Å². The van der Waals surface area contributed by atoms with E-state index in [0.29, 0.717) is 29.2 Å². The van der Waals surface area contributed by atoms with E-state index in [1.54, 1.807) is 23.1 Å². The van der Waals surface area contributed by atoms with Crippen molar-refractivity contribution in [2.75, 3.05) is 6.54 Å². The van der Waals surface area contributed by atoms with E-state index in [-0.39, 0.29) is 11.8 Å². The maximum Gasteiger partial charge on any atom is 0.255 e. The lowest BCUT2D eigenvalue weighted by Crippen LogP contribution is -2.39. The average molecular weight is 419 g/mol. The Labute approximate surface area is 181 Å². The Morgan fingerprint density at radius 2 is 1.73 bits per heavy atom. The first kappa shape index (κ1) is 20.2.